The van der Waals surface area contributed by atoms with E-state index < -0.39 is 6.04 Å². The standard InChI is InChI=1S/C24H31N5O3/c1-14(16-6-4-3-5-7-16)26-24(32)20-11-17-10-19(17)29(20)22(31)13-28-21-12-25-9-8-18(21)23(27-28)15(2)30/h8-9,12,14,16-17,19-20H,3-7,10-11,13H2,1-2H3,(H,26,32)/t14-,17+,19+,20-/m0/s1. The number of amides is 2. The van der Waals surface area contributed by atoms with E-state index in [1.54, 1.807) is 28.0 Å². The highest BCUT2D eigenvalue weighted by Crippen LogP contribution is 2.48. The molecule has 2 saturated carbocycles. The number of nitrogens with one attached hydrogen (secondary N) is 1. The minimum Gasteiger partial charge on any atom is -0.352 e. The van der Waals surface area contributed by atoms with Gasteiger partial charge in [-0.3, -0.25) is 24.0 Å². The Bertz CT molecular complexity index is 1060. The topological polar surface area (TPSA) is 97.2 Å². The lowest BCUT2D eigenvalue weighted by Gasteiger charge is -2.32. The molecule has 1 aliphatic heterocycles. The van der Waals surface area contributed by atoms with Crippen LogP contribution in [0.3, 0.4) is 0 Å². The highest BCUT2D eigenvalue weighted by atomic mass is 16.2. The van der Waals surface area contributed by atoms with Gasteiger partial charge in [0.25, 0.3) is 0 Å². The van der Waals surface area contributed by atoms with Crippen LogP contribution in [0.2, 0.25) is 0 Å². The second kappa shape index (κ2) is 8.30. The summed E-state index contributed by atoms with van der Waals surface area (Å²) in [6.45, 7) is 3.57. The van der Waals surface area contributed by atoms with E-state index in [1.807, 2.05) is 0 Å². The van der Waals surface area contributed by atoms with Gasteiger partial charge in [0.15, 0.2) is 5.78 Å². The summed E-state index contributed by atoms with van der Waals surface area (Å²) >= 11 is 0. The van der Waals surface area contributed by atoms with Crippen LogP contribution in [0.25, 0.3) is 10.9 Å². The molecular weight excluding hydrogens is 406 g/mol. The number of aromatic nitrogens is 3. The van der Waals surface area contributed by atoms with Gasteiger partial charge in [-0.25, -0.2) is 0 Å². The van der Waals surface area contributed by atoms with Crippen molar-refractivity contribution in [1.29, 1.82) is 0 Å². The Hall–Kier alpha value is -2.77. The third-order valence-corrected chi connectivity index (χ3v) is 7.59. The first-order chi connectivity index (χ1) is 15.4. The molecule has 0 bridgehead atoms. The predicted molar refractivity (Wildman–Crippen MR) is 119 cm³/mol. The third kappa shape index (κ3) is 3.80. The second-order valence-electron chi connectivity index (χ2n) is 9.77. The third-order valence-electron chi connectivity index (χ3n) is 7.59. The number of pyridine rings is 1. The minimum absolute atomic E-state index is 0.000647. The monoisotopic (exact) mass is 437 g/mol. The Balaban J connectivity index is 1.31. The molecule has 0 aromatic carbocycles. The Kier molecular flexibility index (Phi) is 5.47. The highest BCUT2D eigenvalue weighted by Gasteiger charge is 2.56. The van der Waals surface area contributed by atoms with Gasteiger partial charge in [-0.2, -0.15) is 5.10 Å². The lowest BCUT2D eigenvalue weighted by atomic mass is 9.84. The summed E-state index contributed by atoms with van der Waals surface area (Å²) < 4.78 is 1.55. The lowest BCUT2D eigenvalue weighted by Crippen LogP contribution is -2.52. The summed E-state index contributed by atoms with van der Waals surface area (Å²) in [6.07, 6.45) is 11.0. The van der Waals surface area contributed by atoms with E-state index in [-0.39, 0.29) is 36.2 Å². The molecule has 1 saturated heterocycles. The van der Waals surface area contributed by atoms with Crippen LogP contribution >= 0.6 is 0 Å². The Morgan fingerprint density at radius 1 is 1.19 bits per heavy atom. The molecule has 3 heterocycles. The fourth-order valence-electron chi connectivity index (χ4n) is 5.73. The summed E-state index contributed by atoms with van der Waals surface area (Å²) in [6, 6.07) is 1.62. The fraction of sp³-hybridized carbons (Fsp3) is 0.625. The van der Waals surface area contributed by atoms with Gasteiger partial charge in [0.05, 0.1) is 11.7 Å². The van der Waals surface area contributed by atoms with Crippen molar-refractivity contribution in [1.82, 2.24) is 25.0 Å². The number of piperidine rings is 1. The van der Waals surface area contributed by atoms with Gasteiger partial charge in [-0.1, -0.05) is 19.3 Å². The summed E-state index contributed by atoms with van der Waals surface area (Å²) in [7, 11) is 0. The molecule has 2 aliphatic carbocycles. The number of carbonyl (C=O) groups is 3. The van der Waals surface area contributed by atoms with E-state index in [2.05, 4.69) is 22.3 Å². The van der Waals surface area contributed by atoms with Gasteiger partial charge in [0, 0.05) is 30.6 Å². The predicted octanol–water partition coefficient (Wildman–Crippen LogP) is 2.71. The number of Topliss-reactive ketones (excluding diaryl/α,β-unsaturated/α-hetero) is 1. The van der Waals surface area contributed by atoms with Crippen LogP contribution in [0.4, 0.5) is 0 Å². The molecule has 0 unspecified atom stereocenters. The quantitative estimate of drug-likeness (QED) is 0.701. The molecule has 8 heteroatoms. The largest absolute Gasteiger partial charge is 0.352 e. The van der Waals surface area contributed by atoms with Crippen molar-refractivity contribution in [3.8, 4) is 0 Å². The van der Waals surface area contributed by atoms with Crippen molar-refractivity contribution in [2.75, 3.05) is 0 Å². The van der Waals surface area contributed by atoms with Gasteiger partial charge in [-0.15, -0.1) is 0 Å². The zero-order chi connectivity index (χ0) is 22.4. The Morgan fingerprint density at radius 2 is 1.97 bits per heavy atom. The minimum atomic E-state index is -0.412. The number of nitrogens with zero attached hydrogens (tertiary/aromatic N) is 4. The van der Waals surface area contributed by atoms with Crippen LogP contribution < -0.4 is 5.32 Å². The molecule has 0 spiro atoms. The number of fused-ring (bicyclic) bond motifs is 2. The second-order valence-corrected chi connectivity index (χ2v) is 9.77. The molecule has 2 aromatic heterocycles. The number of rotatable bonds is 6. The van der Waals surface area contributed by atoms with E-state index in [9.17, 15) is 14.4 Å². The van der Waals surface area contributed by atoms with Crippen LogP contribution in [0, 0.1) is 11.8 Å². The lowest BCUT2D eigenvalue weighted by molar-refractivity contribution is -0.140. The van der Waals surface area contributed by atoms with Gasteiger partial charge in [0.2, 0.25) is 11.8 Å². The average molecular weight is 438 g/mol. The number of likely N-dealkylation sites (tertiary alicyclic amines) is 1. The number of hydrogen-bond acceptors (Lipinski definition) is 5. The Labute approximate surface area is 187 Å². The van der Waals surface area contributed by atoms with Crippen LogP contribution in [0.1, 0.15) is 69.3 Å². The summed E-state index contributed by atoms with van der Waals surface area (Å²) in [5.41, 5.74) is 1.00. The summed E-state index contributed by atoms with van der Waals surface area (Å²) in [5.74, 6) is 0.651. The van der Waals surface area contributed by atoms with E-state index in [4.69, 9.17) is 0 Å². The maximum absolute atomic E-state index is 13.4. The van der Waals surface area contributed by atoms with E-state index in [0.717, 1.165) is 12.8 Å². The smallest absolute Gasteiger partial charge is 0.245 e. The molecule has 170 valence electrons. The molecule has 2 aromatic rings. The van der Waals surface area contributed by atoms with Crippen molar-refractivity contribution in [2.45, 2.75) is 83.5 Å². The number of carbonyl (C=O) groups excluding carboxylic acids is 3. The zero-order valence-electron chi connectivity index (χ0n) is 18.8. The molecular formula is C24H31N5O3. The maximum atomic E-state index is 13.4. The van der Waals surface area contributed by atoms with Crippen LogP contribution in [-0.4, -0.2) is 55.4 Å². The fourth-order valence-corrected chi connectivity index (χ4v) is 5.73. The summed E-state index contributed by atoms with van der Waals surface area (Å²) in [4.78, 5) is 44.4. The molecule has 8 nitrogen and oxygen atoms in total. The molecule has 3 aliphatic rings. The van der Waals surface area contributed by atoms with E-state index >= 15 is 0 Å². The normalized spacial score (nSPS) is 26.1. The first kappa shape index (κ1) is 21.1. The highest BCUT2D eigenvalue weighted by molar-refractivity contribution is 6.04. The van der Waals surface area contributed by atoms with E-state index in [1.165, 1.54) is 39.0 Å². The van der Waals surface area contributed by atoms with Gasteiger partial charge in [-0.05, 0) is 50.5 Å². The van der Waals surface area contributed by atoms with Gasteiger partial charge >= 0.3 is 0 Å². The first-order valence-corrected chi connectivity index (χ1v) is 11.9. The van der Waals surface area contributed by atoms with Crippen molar-refractivity contribution >= 4 is 28.5 Å². The summed E-state index contributed by atoms with van der Waals surface area (Å²) in [5, 5.41) is 8.31. The van der Waals surface area contributed by atoms with Crippen LogP contribution in [0.5, 0.6) is 0 Å². The molecule has 32 heavy (non-hydrogen) atoms. The van der Waals surface area contributed by atoms with E-state index in [0.29, 0.717) is 28.4 Å². The number of hydrogen-bond donors (Lipinski definition) is 1. The molecule has 4 atom stereocenters. The maximum Gasteiger partial charge on any atom is 0.245 e. The van der Waals surface area contributed by atoms with Crippen molar-refractivity contribution in [2.24, 2.45) is 11.8 Å². The van der Waals surface area contributed by atoms with Crippen molar-refractivity contribution in [3.05, 3.63) is 24.2 Å². The first-order valence-electron chi connectivity index (χ1n) is 11.9. The Morgan fingerprint density at radius 3 is 2.72 bits per heavy atom. The molecule has 5 rings (SSSR count). The average Bonchev–Trinajstić information content (AvgIpc) is 3.29. The SMILES string of the molecule is CC(=O)c1nn(CC(=O)N2[C@@H]3C[C@@H]3C[C@H]2C(=O)N[C@@H](C)C2CCCCC2)c2cnccc12. The molecule has 0 radical (unpaired) electrons. The zero-order valence-corrected chi connectivity index (χ0v) is 18.8. The van der Waals surface area contributed by atoms with Crippen LogP contribution in [0.15, 0.2) is 18.5 Å². The van der Waals surface area contributed by atoms with Crippen LogP contribution in [-0.2, 0) is 16.1 Å². The molecule has 2 amide bonds. The van der Waals surface area contributed by atoms with Crippen molar-refractivity contribution in [3.63, 3.8) is 0 Å². The van der Waals surface area contributed by atoms with Gasteiger partial charge < -0.3 is 10.2 Å². The van der Waals surface area contributed by atoms with Crippen molar-refractivity contribution < 1.29 is 14.4 Å². The molecule has 1 N–H and O–H groups in total. The molecule has 3 fully saturated rings. The van der Waals surface area contributed by atoms with Gasteiger partial charge in [0.1, 0.15) is 18.3 Å². The number of ketones is 1.